The van der Waals surface area contributed by atoms with Gasteiger partial charge < -0.3 is 19.4 Å². The fourth-order valence-corrected chi connectivity index (χ4v) is 2.99. The summed E-state index contributed by atoms with van der Waals surface area (Å²) in [5.74, 6) is 1.15. The maximum absolute atomic E-state index is 12.4. The molecule has 0 saturated carbocycles. The van der Waals surface area contributed by atoms with Gasteiger partial charge in [-0.15, -0.1) is 0 Å². The zero-order valence-electron chi connectivity index (χ0n) is 15.5. The van der Waals surface area contributed by atoms with Gasteiger partial charge in [0.25, 0.3) is 0 Å². The molecule has 0 aromatic heterocycles. The number of hydrogen-bond acceptors (Lipinski definition) is 4. The Hall–Kier alpha value is -2.08. The number of carbonyl (C=O) groups excluding carboxylic acids is 2. The second-order valence-electron chi connectivity index (χ2n) is 6.63. The summed E-state index contributed by atoms with van der Waals surface area (Å²) in [5.41, 5.74) is 1.05. The molecule has 0 atom stereocenters. The lowest BCUT2D eigenvalue weighted by Crippen LogP contribution is -2.51. The van der Waals surface area contributed by atoms with E-state index < -0.39 is 0 Å². The number of nitrogens with zero attached hydrogens (tertiary/aromatic N) is 3. The summed E-state index contributed by atoms with van der Waals surface area (Å²) in [5, 5.41) is 0. The minimum atomic E-state index is 0.145. The summed E-state index contributed by atoms with van der Waals surface area (Å²) in [7, 11) is 5.57. The Balaban J connectivity index is 1.76. The van der Waals surface area contributed by atoms with Gasteiger partial charge in [0.1, 0.15) is 5.75 Å². The quantitative estimate of drug-likeness (QED) is 0.745. The van der Waals surface area contributed by atoms with Gasteiger partial charge in [-0.1, -0.05) is 18.2 Å². The van der Waals surface area contributed by atoms with E-state index in [4.69, 9.17) is 4.74 Å². The summed E-state index contributed by atoms with van der Waals surface area (Å²) >= 11 is 0. The Morgan fingerprint density at radius 1 is 1.00 bits per heavy atom. The summed E-state index contributed by atoms with van der Waals surface area (Å²) in [6, 6.07) is 7.79. The number of benzene rings is 1. The highest BCUT2D eigenvalue weighted by molar-refractivity contribution is 5.78. The SMILES string of the molecule is COc1ccccc1CCC(=O)N1CCN(C(=O)CCN(C)C)CC1. The largest absolute Gasteiger partial charge is 0.496 e. The maximum Gasteiger partial charge on any atom is 0.223 e. The number of hydrogen-bond donors (Lipinski definition) is 0. The second kappa shape index (κ2) is 9.42. The Bertz CT molecular complexity index is 581. The number of methoxy groups -OCH3 is 1. The number of amides is 2. The number of piperazine rings is 1. The van der Waals surface area contributed by atoms with E-state index in [1.54, 1.807) is 7.11 Å². The van der Waals surface area contributed by atoms with Crippen molar-refractivity contribution in [1.29, 1.82) is 0 Å². The first-order valence-corrected chi connectivity index (χ1v) is 8.83. The van der Waals surface area contributed by atoms with Crippen LogP contribution in [0.5, 0.6) is 5.75 Å². The molecule has 1 saturated heterocycles. The number of rotatable bonds is 7. The number of aryl methyl sites for hydroxylation is 1. The average Bonchev–Trinajstić information content (AvgIpc) is 2.64. The standard InChI is InChI=1S/C19H29N3O3/c1-20(2)11-10-19(24)22-14-12-21(13-15-22)18(23)9-8-16-6-4-5-7-17(16)25-3/h4-7H,8-15H2,1-3H3. The van der Waals surface area contributed by atoms with Crippen molar-refractivity contribution < 1.29 is 14.3 Å². The van der Waals surface area contributed by atoms with Crippen molar-refractivity contribution in [2.24, 2.45) is 0 Å². The summed E-state index contributed by atoms with van der Waals surface area (Å²) in [6.45, 7) is 3.27. The van der Waals surface area contributed by atoms with E-state index in [1.165, 1.54) is 0 Å². The number of ether oxygens (including phenoxy) is 1. The molecule has 1 aliphatic rings. The van der Waals surface area contributed by atoms with Crippen molar-refractivity contribution in [2.45, 2.75) is 19.3 Å². The minimum absolute atomic E-state index is 0.145. The molecule has 0 unspecified atom stereocenters. The Morgan fingerprint density at radius 3 is 2.12 bits per heavy atom. The molecule has 0 N–H and O–H groups in total. The van der Waals surface area contributed by atoms with Gasteiger partial charge in [0, 0.05) is 45.6 Å². The first kappa shape index (κ1) is 19.2. The molecular weight excluding hydrogens is 318 g/mol. The summed E-state index contributed by atoms with van der Waals surface area (Å²) < 4.78 is 5.33. The highest BCUT2D eigenvalue weighted by Crippen LogP contribution is 2.19. The van der Waals surface area contributed by atoms with E-state index >= 15 is 0 Å². The predicted molar refractivity (Wildman–Crippen MR) is 97.6 cm³/mol. The van der Waals surface area contributed by atoms with Crippen LogP contribution in [-0.2, 0) is 16.0 Å². The van der Waals surface area contributed by atoms with E-state index in [2.05, 4.69) is 0 Å². The Labute approximate surface area is 150 Å². The smallest absolute Gasteiger partial charge is 0.223 e. The molecule has 25 heavy (non-hydrogen) atoms. The highest BCUT2D eigenvalue weighted by Gasteiger charge is 2.23. The molecule has 6 heteroatoms. The van der Waals surface area contributed by atoms with Gasteiger partial charge in [-0.05, 0) is 32.1 Å². The zero-order chi connectivity index (χ0) is 18.2. The van der Waals surface area contributed by atoms with Crippen LogP contribution in [0.2, 0.25) is 0 Å². The fraction of sp³-hybridized carbons (Fsp3) is 0.579. The fourth-order valence-electron chi connectivity index (χ4n) is 2.99. The van der Waals surface area contributed by atoms with E-state index in [0.717, 1.165) is 17.9 Å². The van der Waals surface area contributed by atoms with E-state index in [0.29, 0.717) is 45.4 Å². The lowest BCUT2D eigenvalue weighted by atomic mass is 10.1. The summed E-state index contributed by atoms with van der Waals surface area (Å²) in [4.78, 5) is 30.3. The van der Waals surface area contributed by atoms with Crippen LogP contribution in [0.15, 0.2) is 24.3 Å². The molecular formula is C19H29N3O3. The van der Waals surface area contributed by atoms with Crippen LogP contribution in [-0.4, -0.2) is 80.4 Å². The molecule has 0 bridgehead atoms. The number of carbonyl (C=O) groups is 2. The van der Waals surface area contributed by atoms with Gasteiger partial charge >= 0.3 is 0 Å². The van der Waals surface area contributed by atoms with Gasteiger partial charge in [0.15, 0.2) is 0 Å². The highest BCUT2D eigenvalue weighted by atomic mass is 16.5. The van der Waals surface area contributed by atoms with Crippen molar-refractivity contribution >= 4 is 11.8 Å². The van der Waals surface area contributed by atoms with Crippen LogP contribution in [0.4, 0.5) is 0 Å². The first-order valence-electron chi connectivity index (χ1n) is 8.83. The molecule has 1 aromatic rings. The monoisotopic (exact) mass is 347 g/mol. The van der Waals surface area contributed by atoms with Crippen LogP contribution in [0.1, 0.15) is 18.4 Å². The third-order valence-electron chi connectivity index (χ3n) is 4.56. The second-order valence-corrected chi connectivity index (χ2v) is 6.63. The van der Waals surface area contributed by atoms with Gasteiger partial charge in [-0.25, -0.2) is 0 Å². The van der Waals surface area contributed by atoms with Crippen molar-refractivity contribution in [3.63, 3.8) is 0 Å². The van der Waals surface area contributed by atoms with Crippen LogP contribution < -0.4 is 4.74 Å². The normalized spacial score (nSPS) is 14.7. The van der Waals surface area contributed by atoms with E-state index in [9.17, 15) is 9.59 Å². The van der Waals surface area contributed by atoms with E-state index in [1.807, 2.05) is 53.1 Å². The van der Waals surface area contributed by atoms with Gasteiger partial charge in [0.05, 0.1) is 7.11 Å². The summed E-state index contributed by atoms with van der Waals surface area (Å²) in [6.07, 6.45) is 1.68. The van der Waals surface area contributed by atoms with E-state index in [-0.39, 0.29) is 11.8 Å². The van der Waals surface area contributed by atoms with Crippen molar-refractivity contribution in [2.75, 3.05) is 53.9 Å². The maximum atomic E-state index is 12.4. The Morgan fingerprint density at radius 2 is 1.56 bits per heavy atom. The molecule has 138 valence electrons. The third kappa shape index (κ3) is 5.74. The molecule has 0 radical (unpaired) electrons. The van der Waals surface area contributed by atoms with Crippen LogP contribution >= 0.6 is 0 Å². The molecule has 1 heterocycles. The molecule has 0 aliphatic carbocycles. The minimum Gasteiger partial charge on any atom is -0.496 e. The topological polar surface area (TPSA) is 53.1 Å². The van der Waals surface area contributed by atoms with Crippen molar-refractivity contribution in [3.8, 4) is 5.75 Å². The molecule has 1 aliphatic heterocycles. The molecule has 2 amide bonds. The van der Waals surface area contributed by atoms with Crippen LogP contribution in [0.25, 0.3) is 0 Å². The lowest BCUT2D eigenvalue weighted by Gasteiger charge is -2.35. The predicted octanol–water partition coefficient (Wildman–Crippen LogP) is 1.25. The molecule has 1 aromatic carbocycles. The third-order valence-corrected chi connectivity index (χ3v) is 4.56. The van der Waals surface area contributed by atoms with Gasteiger partial charge in [-0.3, -0.25) is 9.59 Å². The van der Waals surface area contributed by atoms with Crippen molar-refractivity contribution in [3.05, 3.63) is 29.8 Å². The van der Waals surface area contributed by atoms with Crippen LogP contribution in [0, 0.1) is 0 Å². The molecule has 6 nitrogen and oxygen atoms in total. The van der Waals surface area contributed by atoms with Crippen LogP contribution in [0.3, 0.4) is 0 Å². The lowest BCUT2D eigenvalue weighted by molar-refractivity contribution is -0.139. The molecule has 1 fully saturated rings. The average molecular weight is 347 g/mol. The van der Waals surface area contributed by atoms with Gasteiger partial charge in [0.2, 0.25) is 11.8 Å². The molecule has 2 rings (SSSR count). The first-order chi connectivity index (χ1) is 12.0. The van der Waals surface area contributed by atoms with Crippen molar-refractivity contribution in [1.82, 2.24) is 14.7 Å². The van der Waals surface area contributed by atoms with Gasteiger partial charge in [-0.2, -0.15) is 0 Å². The zero-order valence-corrected chi connectivity index (χ0v) is 15.5. The Kier molecular flexibility index (Phi) is 7.25. The molecule has 0 spiro atoms. The number of para-hydroxylation sites is 1.